The van der Waals surface area contributed by atoms with Crippen LogP contribution in [0.1, 0.15) is 78.6 Å². The van der Waals surface area contributed by atoms with Gasteiger partial charge in [0.25, 0.3) is 0 Å². The highest BCUT2D eigenvalue weighted by atomic mass is 16.2. The molecule has 2 atom stereocenters. The zero-order valence-electron chi connectivity index (χ0n) is 13.0. The number of hydrogen-bond acceptors (Lipinski definition) is 2. The van der Waals surface area contributed by atoms with Crippen molar-refractivity contribution in [3.8, 4) is 0 Å². The van der Waals surface area contributed by atoms with Crippen molar-refractivity contribution in [1.82, 2.24) is 10.6 Å². The average molecular weight is 268 g/mol. The molecule has 0 aliphatic heterocycles. The Bertz CT molecular complexity index is 249. The van der Waals surface area contributed by atoms with Gasteiger partial charge >= 0.3 is 0 Å². The highest BCUT2D eigenvalue weighted by Crippen LogP contribution is 2.17. The minimum absolute atomic E-state index is 0.0611. The summed E-state index contributed by atoms with van der Waals surface area (Å²) >= 11 is 0. The number of nitrogens with one attached hydrogen (secondary N) is 2. The lowest BCUT2D eigenvalue weighted by atomic mass is 10.0. The maximum Gasteiger partial charge on any atom is 0.237 e. The number of carbonyl (C=O) groups excluding carboxylic acids is 1. The summed E-state index contributed by atoms with van der Waals surface area (Å²) in [6, 6.07) is 0.861. The number of amides is 1. The molecule has 19 heavy (non-hydrogen) atoms. The van der Waals surface area contributed by atoms with Crippen LogP contribution in [0.5, 0.6) is 0 Å². The molecule has 1 aliphatic carbocycles. The number of hydrogen-bond donors (Lipinski definition) is 2. The predicted molar refractivity (Wildman–Crippen MR) is 81.2 cm³/mol. The molecule has 1 rings (SSSR count). The topological polar surface area (TPSA) is 41.1 Å². The lowest BCUT2D eigenvalue weighted by Crippen LogP contribution is -2.48. The van der Waals surface area contributed by atoms with Gasteiger partial charge in [0.15, 0.2) is 0 Å². The molecule has 1 saturated carbocycles. The van der Waals surface area contributed by atoms with E-state index >= 15 is 0 Å². The van der Waals surface area contributed by atoms with Crippen molar-refractivity contribution in [2.45, 2.75) is 96.7 Å². The summed E-state index contributed by atoms with van der Waals surface area (Å²) in [5.41, 5.74) is 0. The maximum absolute atomic E-state index is 12.1. The summed E-state index contributed by atoms with van der Waals surface area (Å²) < 4.78 is 0. The van der Waals surface area contributed by atoms with Crippen LogP contribution in [-0.2, 0) is 4.79 Å². The molecule has 0 aromatic heterocycles. The molecule has 0 aromatic carbocycles. The summed E-state index contributed by atoms with van der Waals surface area (Å²) in [5.74, 6) is 0.185. The number of rotatable bonds is 9. The van der Waals surface area contributed by atoms with Crippen LogP contribution in [0.15, 0.2) is 0 Å². The Morgan fingerprint density at radius 2 is 1.84 bits per heavy atom. The van der Waals surface area contributed by atoms with Gasteiger partial charge in [0.2, 0.25) is 5.91 Å². The Morgan fingerprint density at radius 1 is 1.16 bits per heavy atom. The maximum atomic E-state index is 12.1. The molecule has 2 unspecified atom stereocenters. The van der Waals surface area contributed by atoms with Gasteiger partial charge < -0.3 is 10.6 Å². The summed E-state index contributed by atoms with van der Waals surface area (Å²) in [4.78, 5) is 12.1. The van der Waals surface area contributed by atoms with Crippen LogP contribution in [0.25, 0.3) is 0 Å². The van der Waals surface area contributed by atoms with E-state index < -0.39 is 0 Å². The summed E-state index contributed by atoms with van der Waals surface area (Å²) in [7, 11) is 0. The normalized spacial score (nSPS) is 19.3. The van der Waals surface area contributed by atoms with Crippen LogP contribution >= 0.6 is 0 Å². The van der Waals surface area contributed by atoms with Gasteiger partial charge in [0.1, 0.15) is 0 Å². The van der Waals surface area contributed by atoms with Crippen LogP contribution < -0.4 is 10.6 Å². The molecule has 2 N–H and O–H groups in total. The van der Waals surface area contributed by atoms with E-state index in [9.17, 15) is 4.79 Å². The molecule has 0 spiro atoms. The Kier molecular flexibility index (Phi) is 8.11. The highest BCUT2D eigenvalue weighted by Gasteiger charge is 2.22. The van der Waals surface area contributed by atoms with Gasteiger partial charge in [-0.3, -0.25) is 4.79 Å². The first-order valence-corrected chi connectivity index (χ1v) is 8.23. The van der Waals surface area contributed by atoms with Crippen molar-refractivity contribution in [3.05, 3.63) is 0 Å². The second-order valence-corrected chi connectivity index (χ2v) is 6.01. The minimum Gasteiger partial charge on any atom is -0.352 e. The van der Waals surface area contributed by atoms with Crippen LogP contribution in [-0.4, -0.2) is 24.0 Å². The molecule has 0 heterocycles. The smallest absolute Gasteiger partial charge is 0.237 e. The number of carbonyl (C=O) groups is 1. The van der Waals surface area contributed by atoms with E-state index in [1.165, 1.54) is 44.9 Å². The fraction of sp³-hybridized carbons (Fsp3) is 0.938. The van der Waals surface area contributed by atoms with E-state index in [0.29, 0.717) is 12.1 Å². The predicted octanol–water partition coefficient (Wildman–Crippen LogP) is 3.38. The first-order chi connectivity index (χ1) is 9.17. The zero-order valence-corrected chi connectivity index (χ0v) is 13.0. The van der Waals surface area contributed by atoms with Gasteiger partial charge in [-0.15, -0.1) is 0 Å². The monoisotopic (exact) mass is 268 g/mol. The molecule has 3 heteroatoms. The van der Waals surface area contributed by atoms with Gasteiger partial charge in [0, 0.05) is 12.1 Å². The summed E-state index contributed by atoms with van der Waals surface area (Å²) in [6.45, 7) is 6.43. The molecule has 0 radical (unpaired) electrons. The van der Waals surface area contributed by atoms with Crippen molar-refractivity contribution in [1.29, 1.82) is 0 Å². The van der Waals surface area contributed by atoms with Crippen molar-refractivity contribution in [2.75, 3.05) is 0 Å². The standard InChI is InChI=1S/C16H32N2O/c1-4-6-10-14(9-5-2)17-13(3)16(19)18-15-11-7-8-12-15/h13-15,17H,4-12H2,1-3H3,(H,18,19). The van der Waals surface area contributed by atoms with Crippen molar-refractivity contribution >= 4 is 5.91 Å². The lowest BCUT2D eigenvalue weighted by Gasteiger charge is -2.24. The van der Waals surface area contributed by atoms with E-state index in [4.69, 9.17) is 0 Å². The Morgan fingerprint density at radius 3 is 2.42 bits per heavy atom. The highest BCUT2D eigenvalue weighted by molar-refractivity contribution is 5.81. The van der Waals surface area contributed by atoms with E-state index in [1.807, 2.05) is 6.92 Å². The molecule has 112 valence electrons. The van der Waals surface area contributed by atoms with E-state index in [1.54, 1.807) is 0 Å². The Labute approximate surface area is 118 Å². The molecular weight excluding hydrogens is 236 g/mol. The third kappa shape index (κ3) is 6.42. The molecule has 0 aromatic rings. The third-order valence-electron chi connectivity index (χ3n) is 4.12. The molecule has 1 fully saturated rings. The van der Waals surface area contributed by atoms with Crippen LogP contribution in [0, 0.1) is 0 Å². The first-order valence-electron chi connectivity index (χ1n) is 8.23. The zero-order chi connectivity index (χ0) is 14.1. The quantitative estimate of drug-likeness (QED) is 0.673. The van der Waals surface area contributed by atoms with E-state index in [-0.39, 0.29) is 11.9 Å². The van der Waals surface area contributed by atoms with Crippen molar-refractivity contribution in [3.63, 3.8) is 0 Å². The molecule has 0 bridgehead atoms. The minimum atomic E-state index is -0.0611. The lowest BCUT2D eigenvalue weighted by molar-refractivity contribution is -0.123. The van der Waals surface area contributed by atoms with Gasteiger partial charge in [-0.2, -0.15) is 0 Å². The average Bonchev–Trinajstić information content (AvgIpc) is 2.88. The Balaban J connectivity index is 2.31. The molecule has 0 saturated heterocycles. The van der Waals surface area contributed by atoms with Crippen LogP contribution in [0.4, 0.5) is 0 Å². The van der Waals surface area contributed by atoms with Gasteiger partial charge in [-0.25, -0.2) is 0 Å². The fourth-order valence-electron chi connectivity index (χ4n) is 2.94. The van der Waals surface area contributed by atoms with E-state index in [0.717, 1.165) is 12.8 Å². The van der Waals surface area contributed by atoms with Crippen LogP contribution in [0.2, 0.25) is 0 Å². The third-order valence-corrected chi connectivity index (χ3v) is 4.12. The molecule has 1 aliphatic rings. The van der Waals surface area contributed by atoms with Crippen LogP contribution in [0.3, 0.4) is 0 Å². The molecule has 3 nitrogen and oxygen atoms in total. The second-order valence-electron chi connectivity index (χ2n) is 6.01. The number of unbranched alkanes of at least 4 members (excludes halogenated alkanes) is 1. The molecule has 1 amide bonds. The van der Waals surface area contributed by atoms with Crippen molar-refractivity contribution in [2.24, 2.45) is 0 Å². The fourth-order valence-corrected chi connectivity index (χ4v) is 2.94. The first kappa shape index (κ1) is 16.5. The Hall–Kier alpha value is -0.570. The van der Waals surface area contributed by atoms with Gasteiger partial charge in [-0.05, 0) is 32.6 Å². The van der Waals surface area contributed by atoms with E-state index in [2.05, 4.69) is 24.5 Å². The SMILES string of the molecule is CCCCC(CCC)NC(C)C(=O)NC1CCCC1. The van der Waals surface area contributed by atoms with Crippen molar-refractivity contribution < 1.29 is 4.79 Å². The largest absolute Gasteiger partial charge is 0.352 e. The summed E-state index contributed by atoms with van der Waals surface area (Å²) in [6.07, 6.45) is 10.9. The van der Waals surface area contributed by atoms with Gasteiger partial charge in [0.05, 0.1) is 6.04 Å². The summed E-state index contributed by atoms with van der Waals surface area (Å²) in [5, 5.41) is 6.70. The second kappa shape index (κ2) is 9.35. The van der Waals surface area contributed by atoms with Gasteiger partial charge in [-0.1, -0.05) is 46.0 Å². The molecular formula is C16H32N2O.